The van der Waals surface area contributed by atoms with E-state index in [0.717, 1.165) is 0 Å². The molecule has 0 amide bonds. The predicted octanol–water partition coefficient (Wildman–Crippen LogP) is 1.50. The lowest BCUT2D eigenvalue weighted by Gasteiger charge is -1.97. The maximum Gasteiger partial charge on any atom is 0.284 e. The number of hydrogen-bond acceptors (Lipinski definition) is 3. The lowest BCUT2D eigenvalue weighted by atomic mass is 10.2. The van der Waals surface area contributed by atoms with Gasteiger partial charge in [0.1, 0.15) is 5.04 Å². The molecule has 76 valence electrons. The average molecular weight is 237 g/mol. The molecule has 0 unspecified atom stereocenters. The van der Waals surface area contributed by atoms with Gasteiger partial charge in [0.05, 0.1) is 10.6 Å². The lowest BCUT2D eigenvalue weighted by Crippen LogP contribution is -1.93. The number of nitrogens with zero attached hydrogens (tertiary/aromatic N) is 1. The molecule has 0 radical (unpaired) electrons. The van der Waals surface area contributed by atoms with Crippen molar-refractivity contribution in [1.29, 1.82) is 0 Å². The van der Waals surface area contributed by atoms with Crippen molar-refractivity contribution in [3.05, 3.63) is 29.8 Å². The van der Waals surface area contributed by atoms with Crippen molar-refractivity contribution in [1.82, 2.24) is 0 Å². The first-order chi connectivity index (χ1) is 7.15. The number of rotatable bonds is 1. The summed E-state index contributed by atoms with van der Waals surface area (Å²) >= 11 is 1.26. The van der Waals surface area contributed by atoms with Gasteiger partial charge in [-0.1, -0.05) is 35.9 Å². The second-order valence-electron chi connectivity index (χ2n) is 2.86. The Morgan fingerprint density at radius 1 is 1.40 bits per heavy atom. The van der Waals surface area contributed by atoms with Gasteiger partial charge in [-0.25, -0.2) is 0 Å². The first-order valence-electron chi connectivity index (χ1n) is 4.16. The molecule has 0 saturated carbocycles. The van der Waals surface area contributed by atoms with Crippen LogP contribution in [0.15, 0.2) is 33.6 Å². The number of terminal acetylenes is 1. The smallest absolute Gasteiger partial charge is 0.199 e. The van der Waals surface area contributed by atoms with Crippen molar-refractivity contribution >= 4 is 26.8 Å². The minimum Gasteiger partial charge on any atom is -0.199 e. The van der Waals surface area contributed by atoms with E-state index in [4.69, 9.17) is 6.42 Å². The lowest BCUT2D eigenvalue weighted by molar-refractivity contribution is 0.599. The van der Waals surface area contributed by atoms with Gasteiger partial charge < -0.3 is 0 Å². The topological polar surface area (TPSA) is 46.5 Å². The molecule has 1 aromatic rings. The maximum atomic E-state index is 11.6. The van der Waals surface area contributed by atoms with Gasteiger partial charge in [0, 0.05) is 5.56 Å². The standard InChI is InChI=1S/C10H7NO2S2/c1-2-7-14-10-8-5-3-4-6-9(8)15(12,13)11-10/h1,3-6H,7H2. The molecule has 0 fully saturated rings. The molecule has 1 heterocycles. The zero-order valence-electron chi connectivity index (χ0n) is 7.67. The van der Waals surface area contributed by atoms with E-state index in [1.165, 1.54) is 11.8 Å². The number of fused-ring (bicyclic) bond motifs is 1. The van der Waals surface area contributed by atoms with Crippen molar-refractivity contribution in [2.75, 3.05) is 5.75 Å². The Hall–Kier alpha value is -1.25. The van der Waals surface area contributed by atoms with E-state index in [1.54, 1.807) is 24.3 Å². The Bertz CT molecular complexity index is 567. The van der Waals surface area contributed by atoms with Crippen molar-refractivity contribution in [2.24, 2.45) is 4.40 Å². The molecule has 15 heavy (non-hydrogen) atoms. The highest BCUT2D eigenvalue weighted by atomic mass is 32.2. The number of benzene rings is 1. The van der Waals surface area contributed by atoms with Crippen LogP contribution in [0.25, 0.3) is 0 Å². The van der Waals surface area contributed by atoms with Gasteiger partial charge in [-0.3, -0.25) is 0 Å². The van der Waals surface area contributed by atoms with E-state index >= 15 is 0 Å². The Morgan fingerprint density at radius 3 is 2.87 bits per heavy atom. The molecule has 0 aliphatic carbocycles. The quantitative estimate of drug-likeness (QED) is 0.695. The summed E-state index contributed by atoms with van der Waals surface area (Å²) in [6.07, 6.45) is 5.12. The van der Waals surface area contributed by atoms with Crippen LogP contribution in [-0.4, -0.2) is 19.2 Å². The van der Waals surface area contributed by atoms with E-state index in [2.05, 4.69) is 10.3 Å². The van der Waals surface area contributed by atoms with Crippen molar-refractivity contribution in [3.8, 4) is 12.3 Å². The second-order valence-corrected chi connectivity index (χ2v) is 5.40. The number of hydrogen-bond donors (Lipinski definition) is 0. The maximum absolute atomic E-state index is 11.6. The molecule has 1 aliphatic heterocycles. The van der Waals surface area contributed by atoms with Crippen LogP contribution in [0.3, 0.4) is 0 Å². The Balaban J connectivity index is 2.50. The van der Waals surface area contributed by atoms with Crippen molar-refractivity contribution in [2.45, 2.75) is 4.90 Å². The molecule has 0 aromatic heterocycles. The zero-order chi connectivity index (χ0) is 10.9. The monoisotopic (exact) mass is 237 g/mol. The van der Waals surface area contributed by atoms with Gasteiger partial charge in [-0.15, -0.1) is 6.42 Å². The highest BCUT2D eigenvalue weighted by molar-refractivity contribution is 8.15. The molecule has 0 bridgehead atoms. The number of sulfonamides is 1. The highest BCUT2D eigenvalue weighted by Crippen LogP contribution is 2.30. The molecule has 3 nitrogen and oxygen atoms in total. The van der Waals surface area contributed by atoms with Crippen molar-refractivity contribution in [3.63, 3.8) is 0 Å². The normalized spacial score (nSPS) is 16.6. The third-order valence-electron chi connectivity index (χ3n) is 1.89. The molecule has 1 aliphatic rings. The molecule has 0 saturated heterocycles. The van der Waals surface area contributed by atoms with E-state index in [9.17, 15) is 8.42 Å². The van der Waals surface area contributed by atoms with Crippen LogP contribution in [-0.2, 0) is 10.0 Å². The van der Waals surface area contributed by atoms with Gasteiger partial charge in [0.15, 0.2) is 0 Å². The fourth-order valence-electron chi connectivity index (χ4n) is 1.29. The molecule has 2 rings (SSSR count). The van der Waals surface area contributed by atoms with Crippen LogP contribution in [0.4, 0.5) is 0 Å². The van der Waals surface area contributed by atoms with Crippen LogP contribution in [0.2, 0.25) is 0 Å². The molecule has 0 spiro atoms. The summed E-state index contributed by atoms with van der Waals surface area (Å²) in [6.45, 7) is 0. The van der Waals surface area contributed by atoms with Crippen LogP contribution in [0.1, 0.15) is 5.56 Å². The molecular weight excluding hydrogens is 230 g/mol. The zero-order valence-corrected chi connectivity index (χ0v) is 9.31. The summed E-state index contributed by atoms with van der Waals surface area (Å²) in [6, 6.07) is 6.76. The number of thioether (sulfide) groups is 1. The summed E-state index contributed by atoms with van der Waals surface area (Å²) in [5.74, 6) is 2.86. The molecular formula is C10H7NO2S2. The average Bonchev–Trinajstić information content (AvgIpc) is 2.49. The molecule has 1 aromatic carbocycles. The third-order valence-corrected chi connectivity index (χ3v) is 4.24. The summed E-state index contributed by atoms with van der Waals surface area (Å²) in [5, 5.41) is 0.489. The summed E-state index contributed by atoms with van der Waals surface area (Å²) < 4.78 is 26.8. The molecule has 5 heteroatoms. The summed E-state index contributed by atoms with van der Waals surface area (Å²) in [7, 11) is -3.49. The molecule has 0 atom stereocenters. The minimum atomic E-state index is -3.49. The molecule has 0 N–H and O–H groups in total. The van der Waals surface area contributed by atoms with Crippen LogP contribution in [0, 0.1) is 12.3 Å². The fourth-order valence-corrected chi connectivity index (χ4v) is 3.52. The van der Waals surface area contributed by atoms with Gasteiger partial charge in [-0.2, -0.15) is 12.8 Å². The van der Waals surface area contributed by atoms with Gasteiger partial charge >= 0.3 is 0 Å². The Labute approximate surface area is 92.7 Å². The van der Waals surface area contributed by atoms with Gasteiger partial charge in [-0.05, 0) is 6.07 Å². The minimum absolute atomic E-state index is 0.268. The van der Waals surface area contributed by atoms with E-state index in [0.29, 0.717) is 16.4 Å². The van der Waals surface area contributed by atoms with Crippen molar-refractivity contribution < 1.29 is 8.42 Å². The van der Waals surface area contributed by atoms with Gasteiger partial charge in [0.25, 0.3) is 10.0 Å². The third kappa shape index (κ3) is 1.78. The Morgan fingerprint density at radius 2 is 2.13 bits per heavy atom. The summed E-state index contributed by atoms with van der Waals surface area (Å²) in [5.41, 5.74) is 0.651. The fraction of sp³-hybridized carbons (Fsp3) is 0.100. The largest absolute Gasteiger partial charge is 0.284 e. The van der Waals surface area contributed by atoms with E-state index in [1.807, 2.05) is 0 Å². The van der Waals surface area contributed by atoms with Crippen LogP contribution < -0.4 is 0 Å². The highest BCUT2D eigenvalue weighted by Gasteiger charge is 2.27. The van der Waals surface area contributed by atoms with E-state index in [-0.39, 0.29) is 4.90 Å². The predicted molar refractivity (Wildman–Crippen MR) is 61.5 cm³/mol. The first-order valence-corrected chi connectivity index (χ1v) is 6.58. The van der Waals surface area contributed by atoms with Crippen LogP contribution in [0.5, 0.6) is 0 Å². The second kappa shape index (κ2) is 3.72. The SMILES string of the molecule is C#CCSC1=NS(=O)(=O)c2ccccc21. The Kier molecular flexibility index (Phi) is 2.55. The van der Waals surface area contributed by atoms with E-state index < -0.39 is 10.0 Å². The van der Waals surface area contributed by atoms with Gasteiger partial charge in [0.2, 0.25) is 0 Å². The first kappa shape index (κ1) is 10.3. The van der Waals surface area contributed by atoms with Crippen LogP contribution >= 0.6 is 11.8 Å². The summed E-state index contributed by atoms with van der Waals surface area (Å²) in [4.78, 5) is 0.268.